The zero-order chi connectivity index (χ0) is 27.2. The lowest BCUT2D eigenvalue weighted by molar-refractivity contribution is 0.685. The summed E-state index contributed by atoms with van der Waals surface area (Å²) < 4.78 is 0. The molecule has 0 saturated heterocycles. The molecule has 1 aliphatic rings. The topological polar surface area (TPSA) is 3.24 Å². The fourth-order valence-corrected chi connectivity index (χ4v) is 6.77. The highest BCUT2D eigenvalue weighted by molar-refractivity contribution is 6.25. The van der Waals surface area contributed by atoms with Crippen LogP contribution in [0, 0.1) is 0 Å². The second kappa shape index (κ2) is 9.94. The summed E-state index contributed by atoms with van der Waals surface area (Å²) in [6, 6.07) is 51.4. The zero-order valence-electron chi connectivity index (χ0n) is 23.1. The van der Waals surface area contributed by atoms with Crippen molar-refractivity contribution in [3.05, 3.63) is 151 Å². The van der Waals surface area contributed by atoms with Crippen LogP contribution in [0.15, 0.2) is 140 Å². The number of anilines is 3. The molecule has 0 amide bonds. The minimum Gasteiger partial charge on any atom is -0.310 e. The SMILES string of the molecule is c1ccc(-c2ccc(N(c3ccc4c(c3)CCCC4)c3ccc4c5ccccc5c5ccccc5c4c3)cc2)cc1. The van der Waals surface area contributed by atoms with E-state index in [9.17, 15) is 0 Å². The van der Waals surface area contributed by atoms with Crippen LogP contribution in [0.1, 0.15) is 24.0 Å². The summed E-state index contributed by atoms with van der Waals surface area (Å²) in [5.41, 5.74) is 9.06. The van der Waals surface area contributed by atoms with Gasteiger partial charge >= 0.3 is 0 Å². The average molecular weight is 526 g/mol. The van der Waals surface area contributed by atoms with E-state index in [1.807, 2.05) is 0 Å². The van der Waals surface area contributed by atoms with E-state index in [-0.39, 0.29) is 0 Å². The number of hydrogen-bond donors (Lipinski definition) is 0. The molecule has 7 aromatic carbocycles. The van der Waals surface area contributed by atoms with E-state index in [1.165, 1.54) is 90.9 Å². The molecule has 196 valence electrons. The smallest absolute Gasteiger partial charge is 0.0468 e. The van der Waals surface area contributed by atoms with Crippen LogP contribution in [0.2, 0.25) is 0 Å². The Hall–Kier alpha value is -4.88. The maximum atomic E-state index is 2.44. The molecule has 0 fully saturated rings. The van der Waals surface area contributed by atoms with Gasteiger partial charge in [-0.3, -0.25) is 0 Å². The fraction of sp³-hybridized carbons (Fsp3) is 0.100. The van der Waals surface area contributed by atoms with Crippen molar-refractivity contribution in [3.63, 3.8) is 0 Å². The van der Waals surface area contributed by atoms with Crippen molar-refractivity contribution in [2.75, 3.05) is 4.90 Å². The number of aryl methyl sites for hydroxylation is 2. The van der Waals surface area contributed by atoms with Crippen LogP contribution < -0.4 is 4.90 Å². The second-order valence-electron chi connectivity index (χ2n) is 11.2. The number of hydrogen-bond acceptors (Lipinski definition) is 1. The average Bonchev–Trinajstić information content (AvgIpc) is 3.06. The number of rotatable bonds is 4. The van der Waals surface area contributed by atoms with Crippen LogP contribution in [0.5, 0.6) is 0 Å². The molecule has 0 spiro atoms. The summed E-state index contributed by atoms with van der Waals surface area (Å²) in [5, 5.41) is 7.81. The first kappa shape index (κ1) is 24.0. The number of benzene rings is 7. The van der Waals surface area contributed by atoms with Crippen LogP contribution in [0.3, 0.4) is 0 Å². The van der Waals surface area contributed by atoms with Crippen LogP contribution in [0.25, 0.3) is 43.4 Å². The van der Waals surface area contributed by atoms with E-state index < -0.39 is 0 Å². The molecule has 0 heterocycles. The van der Waals surface area contributed by atoms with E-state index in [2.05, 4.69) is 144 Å². The van der Waals surface area contributed by atoms with E-state index in [4.69, 9.17) is 0 Å². The Morgan fingerprint density at radius 3 is 1.51 bits per heavy atom. The molecule has 0 bridgehead atoms. The predicted molar refractivity (Wildman–Crippen MR) is 176 cm³/mol. The van der Waals surface area contributed by atoms with Gasteiger partial charge in [0.05, 0.1) is 0 Å². The van der Waals surface area contributed by atoms with E-state index in [1.54, 1.807) is 0 Å². The number of fused-ring (bicyclic) bond motifs is 7. The van der Waals surface area contributed by atoms with E-state index in [0.29, 0.717) is 0 Å². The minimum absolute atomic E-state index is 1.16. The summed E-state index contributed by atoms with van der Waals surface area (Å²) in [6.45, 7) is 0. The lowest BCUT2D eigenvalue weighted by Gasteiger charge is -2.28. The van der Waals surface area contributed by atoms with Crippen LogP contribution in [0.4, 0.5) is 17.1 Å². The molecule has 0 radical (unpaired) electrons. The Kier molecular flexibility index (Phi) is 5.81. The van der Waals surface area contributed by atoms with Crippen molar-refractivity contribution in [1.29, 1.82) is 0 Å². The summed E-state index contributed by atoms with van der Waals surface area (Å²) in [6.07, 6.45) is 4.93. The third-order valence-electron chi connectivity index (χ3n) is 8.81. The van der Waals surface area contributed by atoms with Gasteiger partial charge in [-0.15, -0.1) is 0 Å². The van der Waals surface area contributed by atoms with Gasteiger partial charge in [-0.1, -0.05) is 103 Å². The van der Waals surface area contributed by atoms with E-state index >= 15 is 0 Å². The van der Waals surface area contributed by atoms with Gasteiger partial charge in [-0.05, 0) is 117 Å². The van der Waals surface area contributed by atoms with Crippen molar-refractivity contribution in [1.82, 2.24) is 0 Å². The van der Waals surface area contributed by atoms with Crippen molar-refractivity contribution < 1.29 is 0 Å². The molecule has 7 aromatic rings. The lowest BCUT2D eigenvalue weighted by atomic mass is 9.91. The summed E-state index contributed by atoms with van der Waals surface area (Å²) in [5.74, 6) is 0. The quantitative estimate of drug-likeness (QED) is 0.207. The molecule has 8 rings (SSSR count). The van der Waals surface area contributed by atoms with Gasteiger partial charge in [0, 0.05) is 17.1 Å². The molecule has 0 aliphatic heterocycles. The first-order valence-electron chi connectivity index (χ1n) is 14.7. The number of nitrogens with zero attached hydrogens (tertiary/aromatic N) is 1. The van der Waals surface area contributed by atoms with Crippen LogP contribution >= 0.6 is 0 Å². The van der Waals surface area contributed by atoms with Crippen molar-refractivity contribution >= 4 is 49.4 Å². The minimum atomic E-state index is 1.16. The van der Waals surface area contributed by atoms with Crippen LogP contribution in [-0.4, -0.2) is 0 Å². The molecule has 0 saturated carbocycles. The van der Waals surface area contributed by atoms with Gasteiger partial charge in [-0.2, -0.15) is 0 Å². The highest BCUT2D eigenvalue weighted by Crippen LogP contribution is 2.42. The van der Waals surface area contributed by atoms with Gasteiger partial charge in [0.1, 0.15) is 0 Å². The standard InChI is InChI=1S/C40H31N/c1-2-10-28(11-3-1)30-18-21-32(22-19-30)41(33-23-20-29-12-4-5-13-31(29)26-33)34-24-25-39-37-16-7-6-14-35(37)36-15-8-9-17-38(36)40(39)27-34/h1-3,6-11,14-27H,4-5,12-13H2. The normalized spacial score (nSPS) is 13.0. The summed E-state index contributed by atoms with van der Waals surface area (Å²) in [7, 11) is 0. The predicted octanol–water partition coefficient (Wildman–Crippen LogP) is 11.2. The summed E-state index contributed by atoms with van der Waals surface area (Å²) in [4.78, 5) is 2.44. The molecular weight excluding hydrogens is 494 g/mol. The molecular formula is C40H31N. The van der Waals surface area contributed by atoms with Gasteiger partial charge in [0.25, 0.3) is 0 Å². The van der Waals surface area contributed by atoms with Gasteiger partial charge in [-0.25, -0.2) is 0 Å². The molecule has 0 aromatic heterocycles. The monoisotopic (exact) mass is 525 g/mol. The Morgan fingerprint density at radius 2 is 0.829 bits per heavy atom. The molecule has 0 atom stereocenters. The fourth-order valence-electron chi connectivity index (χ4n) is 6.77. The maximum absolute atomic E-state index is 2.44. The van der Waals surface area contributed by atoms with Gasteiger partial charge in [0.2, 0.25) is 0 Å². The Bertz CT molecular complexity index is 2000. The second-order valence-corrected chi connectivity index (χ2v) is 11.2. The zero-order valence-corrected chi connectivity index (χ0v) is 23.1. The Morgan fingerprint density at radius 1 is 0.341 bits per heavy atom. The first-order valence-corrected chi connectivity index (χ1v) is 14.7. The Labute approximate surface area is 241 Å². The Balaban J connectivity index is 1.34. The maximum Gasteiger partial charge on any atom is 0.0468 e. The lowest BCUT2D eigenvalue weighted by Crippen LogP contribution is -2.12. The molecule has 1 nitrogen and oxygen atoms in total. The summed E-state index contributed by atoms with van der Waals surface area (Å²) >= 11 is 0. The first-order chi connectivity index (χ1) is 20.3. The highest BCUT2D eigenvalue weighted by Gasteiger charge is 2.18. The van der Waals surface area contributed by atoms with Crippen molar-refractivity contribution in [3.8, 4) is 11.1 Å². The third kappa shape index (κ3) is 4.17. The van der Waals surface area contributed by atoms with Crippen molar-refractivity contribution in [2.45, 2.75) is 25.7 Å². The van der Waals surface area contributed by atoms with Crippen molar-refractivity contribution in [2.24, 2.45) is 0 Å². The molecule has 1 aliphatic carbocycles. The molecule has 0 N–H and O–H groups in total. The highest BCUT2D eigenvalue weighted by atomic mass is 15.1. The van der Waals surface area contributed by atoms with Gasteiger partial charge in [0.15, 0.2) is 0 Å². The van der Waals surface area contributed by atoms with E-state index in [0.717, 1.165) is 6.42 Å². The van der Waals surface area contributed by atoms with Gasteiger partial charge < -0.3 is 4.90 Å². The molecule has 1 heteroatoms. The molecule has 0 unspecified atom stereocenters. The third-order valence-corrected chi connectivity index (χ3v) is 8.81. The van der Waals surface area contributed by atoms with Crippen LogP contribution in [-0.2, 0) is 12.8 Å². The largest absolute Gasteiger partial charge is 0.310 e. The molecule has 41 heavy (non-hydrogen) atoms.